The van der Waals surface area contributed by atoms with Crippen molar-refractivity contribution in [3.63, 3.8) is 0 Å². The molecule has 1 heterocycles. The van der Waals surface area contributed by atoms with Crippen LogP contribution in [0.15, 0.2) is 54.6 Å². The molecule has 0 radical (unpaired) electrons. The van der Waals surface area contributed by atoms with Crippen LogP contribution in [0.4, 0.5) is 10.1 Å². The Kier molecular flexibility index (Phi) is 6.01. The second-order valence-electron chi connectivity index (χ2n) is 6.27. The number of anilines is 1. The van der Waals surface area contributed by atoms with E-state index in [0.29, 0.717) is 12.2 Å². The minimum absolute atomic E-state index is 0.0198. The van der Waals surface area contributed by atoms with E-state index in [4.69, 9.17) is 4.74 Å². The molecule has 0 aliphatic carbocycles. The van der Waals surface area contributed by atoms with Gasteiger partial charge in [-0.15, -0.1) is 0 Å². The second kappa shape index (κ2) is 8.62. The Morgan fingerprint density at radius 3 is 2.80 bits per heavy atom. The van der Waals surface area contributed by atoms with Crippen LogP contribution in [-0.4, -0.2) is 25.6 Å². The van der Waals surface area contributed by atoms with Crippen molar-refractivity contribution in [3.8, 4) is 0 Å². The molecule has 2 aromatic carbocycles. The molecule has 3 rings (SSSR count). The van der Waals surface area contributed by atoms with Crippen molar-refractivity contribution in [2.75, 3.05) is 25.0 Å². The van der Waals surface area contributed by atoms with Gasteiger partial charge in [0.1, 0.15) is 5.82 Å². The molecule has 1 saturated heterocycles. The molecular formula is C20H23FN2O2. The van der Waals surface area contributed by atoms with E-state index in [1.54, 1.807) is 12.1 Å². The van der Waals surface area contributed by atoms with Gasteiger partial charge in [0.2, 0.25) is 5.91 Å². The van der Waals surface area contributed by atoms with Crippen molar-refractivity contribution < 1.29 is 13.9 Å². The zero-order valence-corrected chi connectivity index (χ0v) is 14.1. The van der Waals surface area contributed by atoms with Crippen molar-refractivity contribution in [1.82, 2.24) is 5.32 Å². The highest BCUT2D eigenvalue weighted by atomic mass is 19.1. The van der Waals surface area contributed by atoms with Gasteiger partial charge in [0.25, 0.3) is 0 Å². The van der Waals surface area contributed by atoms with Crippen molar-refractivity contribution in [2.24, 2.45) is 5.92 Å². The lowest BCUT2D eigenvalue weighted by atomic mass is 9.89. The predicted octanol–water partition coefficient (Wildman–Crippen LogP) is 3.52. The molecule has 1 amide bonds. The normalized spacial score (nSPS) is 20.0. The molecule has 2 aromatic rings. The molecule has 4 nitrogen and oxygen atoms in total. The maximum Gasteiger partial charge on any atom is 0.239 e. The SMILES string of the molecule is O=C(CNc1cccc(F)c1)NC[C@@H]1CCCO[C@H]1c1ccccc1. The van der Waals surface area contributed by atoms with Crippen LogP contribution in [-0.2, 0) is 9.53 Å². The number of nitrogens with one attached hydrogen (secondary N) is 2. The summed E-state index contributed by atoms with van der Waals surface area (Å²) in [4.78, 5) is 12.1. The van der Waals surface area contributed by atoms with E-state index in [1.165, 1.54) is 12.1 Å². The van der Waals surface area contributed by atoms with E-state index < -0.39 is 0 Å². The number of benzene rings is 2. The molecule has 2 atom stereocenters. The van der Waals surface area contributed by atoms with E-state index in [0.717, 1.165) is 25.0 Å². The number of ether oxygens (including phenoxy) is 1. The molecule has 1 aliphatic heterocycles. The maximum atomic E-state index is 13.1. The maximum absolute atomic E-state index is 13.1. The first-order valence-corrected chi connectivity index (χ1v) is 8.65. The molecule has 25 heavy (non-hydrogen) atoms. The lowest BCUT2D eigenvalue weighted by Gasteiger charge is -2.32. The van der Waals surface area contributed by atoms with E-state index in [1.807, 2.05) is 18.2 Å². The number of hydrogen-bond acceptors (Lipinski definition) is 3. The summed E-state index contributed by atoms with van der Waals surface area (Å²) in [6, 6.07) is 16.2. The zero-order chi connectivity index (χ0) is 17.5. The summed E-state index contributed by atoms with van der Waals surface area (Å²) >= 11 is 0. The third-order valence-corrected chi connectivity index (χ3v) is 4.41. The fraction of sp³-hybridized carbons (Fsp3) is 0.350. The largest absolute Gasteiger partial charge is 0.376 e. The highest BCUT2D eigenvalue weighted by Gasteiger charge is 2.27. The van der Waals surface area contributed by atoms with E-state index in [9.17, 15) is 9.18 Å². The molecule has 5 heteroatoms. The first-order chi connectivity index (χ1) is 12.2. The Morgan fingerprint density at radius 2 is 2.00 bits per heavy atom. The van der Waals surface area contributed by atoms with Gasteiger partial charge < -0.3 is 15.4 Å². The van der Waals surface area contributed by atoms with Gasteiger partial charge in [0.15, 0.2) is 0 Å². The van der Waals surface area contributed by atoms with Gasteiger partial charge in [-0.05, 0) is 36.6 Å². The number of carbonyl (C=O) groups is 1. The molecular weight excluding hydrogens is 319 g/mol. The van der Waals surface area contributed by atoms with E-state index in [-0.39, 0.29) is 30.3 Å². The number of rotatable bonds is 6. The Hall–Kier alpha value is -2.40. The Balaban J connectivity index is 1.50. The molecule has 1 fully saturated rings. The van der Waals surface area contributed by atoms with Gasteiger partial charge in [-0.1, -0.05) is 36.4 Å². The van der Waals surface area contributed by atoms with Gasteiger partial charge in [-0.3, -0.25) is 4.79 Å². The van der Waals surface area contributed by atoms with Crippen LogP contribution in [0.3, 0.4) is 0 Å². The minimum atomic E-state index is -0.324. The van der Waals surface area contributed by atoms with E-state index >= 15 is 0 Å². The lowest BCUT2D eigenvalue weighted by Crippen LogP contribution is -2.37. The zero-order valence-electron chi connectivity index (χ0n) is 14.1. The summed E-state index contributed by atoms with van der Waals surface area (Å²) in [5, 5.41) is 5.89. The summed E-state index contributed by atoms with van der Waals surface area (Å²) in [5.74, 6) is -0.175. The fourth-order valence-electron chi connectivity index (χ4n) is 3.15. The highest BCUT2D eigenvalue weighted by Crippen LogP contribution is 2.32. The number of hydrogen-bond donors (Lipinski definition) is 2. The van der Waals surface area contributed by atoms with Crippen LogP contribution in [0, 0.1) is 11.7 Å². The van der Waals surface area contributed by atoms with Crippen LogP contribution < -0.4 is 10.6 Å². The average molecular weight is 342 g/mol. The van der Waals surface area contributed by atoms with Gasteiger partial charge in [-0.2, -0.15) is 0 Å². The first kappa shape index (κ1) is 17.4. The van der Waals surface area contributed by atoms with Crippen molar-refractivity contribution in [3.05, 3.63) is 66.0 Å². The summed E-state index contributed by atoms with van der Waals surface area (Å²) in [5.41, 5.74) is 1.75. The van der Waals surface area contributed by atoms with Crippen LogP contribution in [0.1, 0.15) is 24.5 Å². The topological polar surface area (TPSA) is 50.4 Å². The summed E-state index contributed by atoms with van der Waals surface area (Å²) in [6.07, 6.45) is 2.05. The van der Waals surface area contributed by atoms with Gasteiger partial charge in [0, 0.05) is 24.8 Å². The molecule has 132 valence electrons. The first-order valence-electron chi connectivity index (χ1n) is 8.65. The monoisotopic (exact) mass is 342 g/mol. The minimum Gasteiger partial charge on any atom is -0.376 e. The highest BCUT2D eigenvalue weighted by molar-refractivity contribution is 5.80. The summed E-state index contributed by atoms with van der Waals surface area (Å²) in [7, 11) is 0. The number of amides is 1. The molecule has 1 aliphatic rings. The fourth-order valence-corrected chi connectivity index (χ4v) is 3.15. The molecule has 0 unspecified atom stereocenters. The standard InChI is InChI=1S/C20H23FN2O2/c21-17-9-4-10-18(12-17)22-14-19(24)23-13-16-8-5-11-25-20(16)15-6-2-1-3-7-15/h1-4,6-7,9-10,12,16,20,22H,5,8,11,13-14H2,(H,23,24)/t16-,20-/m0/s1. The number of carbonyl (C=O) groups excluding carboxylic acids is 1. The summed E-state index contributed by atoms with van der Waals surface area (Å²) < 4.78 is 19.1. The van der Waals surface area contributed by atoms with Crippen molar-refractivity contribution in [2.45, 2.75) is 18.9 Å². The third-order valence-electron chi connectivity index (χ3n) is 4.41. The number of halogens is 1. The smallest absolute Gasteiger partial charge is 0.239 e. The van der Waals surface area contributed by atoms with Crippen LogP contribution in [0.2, 0.25) is 0 Å². The van der Waals surface area contributed by atoms with Crippen molar-refractivity contribution >= 4 is 11.6 Å². The van der Waals surface area contributed by atoms with Crippen LogP contribution >= 0.6 is 0 Å². The lowest BCUT2D eigenvalue weighted by molar-refractivity contribution is -0.120. The molecule has 0 bridgehead atoms. The molecule has 2 N–H and O–H groups in total. The Labute approximate surface area is 147 Å². The second-order valence-corrected chi connectivity index (χ2v) is 6.27. The van der Waals surface area contributed by atoms with Crippen molar-refractivity contribution in [1.29, 1.82) is 0 Å². The van der Waals surface area contributed by atoms with Crippen LogP contribution in [0.25, 0.3) is 0 Å². The Morgan fingerprint density at radius 1 is 1.16 bits per heavy atom. The Bertz CT molecular complexity index is 693. The summed E-state index contributed by atoms with van der Waals surface area (Å²) in [6.45, 7) is 1.45. The molecule has 0 spiro atoms. The predicted molar refractivity (Wildman–Crippen MR) is 95.8 cm³/mol. The quantitative estimate of drug-likeness (QED) is 0.844. The van der Waals surface area contributed by atoms with Gasteiger partial charge in [0.05, 0.1) is 12.6 Å². The third kappa shape index (κ3) is 5.03. The van der Waals surface area contributed by atoms with E-state index in [2.05, 4.69) is 22.8 Å². The molecule has 0 saturated carbocycles. The van der Waals surface area contributed by atoms with Crippen LogP contribution in [0.5, 0.6) is 0 Å². The van der Waals surface area contributed by atoms with Gasteiger partial charge in [-0.25, -0.2) is 4.39 Å². The molecule has 0 aromatic heterocycles. The average Bonchev–Trinajstić information content (AvgIpc) is 2.66. The van der Waals surface area contributed by atoms with Gasteiger partial charge >= 0.3 is 0 Å².